The number of halogens is 4. The van der Waals surface area contributed by atoms with Crippen LogP contribution in [0.4, 0.5) is 23.2 Å². The summed E-state index contributed by atoms with van der Waals surface area (Å²) in [6, 6.07) is 2.19. The molecular formula is C8H5F4NO4. The topological polar surface area (TPSA) is 61.6 Å². The molecule has 5 nitrogen and oxygen atoms in total. The Hall–Kier alpha value is -2.06. The second kappa shape index (κ2) is 4.85. The Morgan fingerprint density at radius 1 is 1.29 bits per heavy atom. The fourth-order valence-electron chi connectivity index (χ4n) is 0.993. The molecule has 0 saturated carbocycles. The first-order chi connectivity index (χ1) is 7.83. The molecule has 1 rings (SSSR count). The predicted octanol–water partition coefficient (Wildman–Crippen LogP) is 2.80. The first-order valence-corrected chi connectivity index (χ1v) is 4.06. The van der Waals surface area contributed by atoms with Gasteiger partial charge in [-0.1, -0.05) is 0 Å². The van der Waals surface area contributed by atoms with Crippen molar-refractivity contribution in [1.29, 1.82) is 0 Å². The molecule has 0 atom stereocenters. The monoisotopic (exact) mass is 255 g/mol. The molecule has 0 spiro atoms. The SMILES string of the molecule is O=[N+]([O-])c1ccc(OCF)c(OC(F)(F)F)c1. The summed E-state index contributed by atoms with van der Waals surface area (Å²) in [5.41, 5.74) is -0.629. The summed E-state index contributed by atoms with van der Waals surface area (Å²) in [6.45, 7) is -1.38. The Kier molecular flexibility index (Phi) is 3.71. The van der Waals surface area contributed by atoms with Crippen molar-refractivity contribution in [1.82, 2.24) is 0 Å². The van der Waals surface area contributed by atoms with Gasteiger partial charge in [0.25, 0.3) is 5.69 Å². The van der Waals surface area contributed by atoms with E-state index in [2.05, 4.69) is 9.47 Å². The number of alkyl halides is 4. The van der Waals surface area contributed by atoms with E-state index >= 15 is 0 Å². The van der Waals surface area contributed by atoms with Crippen molar-refractivity contribution in [2.24, 2.45) is 0 Å². The van der Waals surface area contributed by atoms with Crippen LogP contribution in [-0.2, 0) is 0 Å². The summed E-state index contributed by atoms with van der Waals surface area (Å²) in [5, 5.41) is 10.3. The van der Waals surface area contributed by atoms with E-state index in [1.165, 1.54) is 0 Å². The van der Waals surface area contributed by atoms with Gasteiger partial charge >= 0.3 is 6.36 Å². The molecule has 17 heavy (non-hydrogen) atoms. The second-order valence-electron chi connectivity index (χ2n) is 2.69. The maximum atomic E-state index is 12.0. The van der Waals surface area contributed by atoms with Crippen molar-refractivity contribution in [3.05, 3.63) is 28.3 Å². The van der Waals surface area contributed by atoms with Gasteiger partial charge < -0.3 is 9.47 Å². The fourth-order valence-corrected chi connectivity index (χ4v) is 0.993. The highest BCUT2D eigenvalue weighted by Gasteiger charge is 2.33. The normalized spacial score (nSPS) is 11.1. The predicted molar refractivity (Wildman–Crippen MR) is 46.4 cm³/mol. The molecule has 94 valence electrons. The van der Waals surface area contributed by atoms with Crippen LogP contribution in [-0.4, -0.2) is 18.1 Å². The van der Waals surface area contributed by atoms with Gasteiger partial charge in [0.1, 0.15) is 0 Å². The van der Waals surface area contributed by atoms with Gasteiger partial charge in [-0.2, -0.15) is 0 Å². The number of nitro benzene ring substituents is 1. The van der Waals surface area contributed by atoms with Crippen LogP contribution in [0.3, 0.4) is 0 Å². The lowest BCUT2D eigenvalue weighted by Gasteiger charge is -2.12. The number of rotatable bonds is 4. The van der Waals surface area contributed by atoms with Crippen molar-refractivity contribution in [2.45, 2.75) is 6.36 Å². The summed E-state index contributed by atoms with van der Waals surface area (Å²) >= 11 is 0. The molecule has 0 amide bonds. The van der Waals surface area contributed by atoms with E-state index in [1.54, 1.807) is 0 Å². The van der Waals surface area contributed by atoms with Gasteiger partial charge in [0.15, 0.2) is 11.5 Å². The maximum Gasteiger partial charge on any atom is 0.573 e. The van der Waals surface area contributed by atoms with Crippen LogP contribution in [0.2, 0.25) is 0 Å². The Bertz CT molecular complexity index is 420. The minimum Gasteiger partial charge on any atom is -0.459 e. The lowest BCUT2D eigenvalue weighted by Crippen LogP contribution is -2.17. The highest BCUT2D eigenvalue weighted by atomic mass is 19.4. The van der Waals surface area contributed by atoms with Crippen LogP contribution in [0, 0.1) is 10.1 Å². The molecule has 0 fully saturated rings. The third-order valence-corrected chi connectivity index (χ3v) is 1.57. The Labute approximate surface area is 91.7 Å². The molecule has 0 bridgehead atoms. The number of hydrogen-bond acceptors (Lipinski definition) is 4. The van der Waals surface area contributed by atoms with Crippen LogP contribution >= 0.6 is 0 Å². The molecule has 0 saturated heterocycles. The van der Waals surface area contributed by atoms with Gasteiger partial charge in [0.2, 0.25) is 6.86 Å². The summed E-state index contributed by atoms with van der Waals surface area (Å²) in [5.74, 6) is -1.54. The number of benzene rings is 1. The summed E-state index contributed by atoms with van der Waals surface area (Å²) in [7, 11) is 0. The summed E-state index contributed by atoms with van der Waals surface area (Å²) < 4.78 is 55.4. The van der Waals surface area contributed by atoms with E-state index < -0.39 is 35.3 Å². The summed E-state index contributed by atoms with van der Waals surface area (Å²) in [4.78, 5) is 9.43. The number of ether oxygens (including phenoxy) is 2. The molecule has 0 aliphatic carbocycles. The molecule has 0 aliphatic heterocycles. The molecule has 0 N–H and O–H groups in total. The zero-order chi connectivity index (χ0) is 13.1. The minimum absolute atomic E-state index is 0.498. The third-order valence-electron chi connectivity index (χ3n) is 1.57. The van der Waals surface area contributed by atoms with Crippen LogP contribution in [0.25, 0.3) is 0 Å². The quantitative estimate of drug-likeness (QED) is 0.471. The molecule has 1 aromatic carbocycles. The smallest absolute Gasteiger partial charge is 0.459 e. The zero-order valence-corrected chi connectivity index (χ0v) is 8.03. The van der Waals surface area contributed by atoms with Crippen LogP contribution in [0.15, 0.2) is 18.2 Å². The van der Waals surface area contributed by atoms with Crippen molar-refractivity contribution in [2.75, 3.05) is 6.86 Å². The molecule has 0 heterocycles. The number of nitrogens with zero attached hydrogens (tertiary/aromatic N) is 1. The standard InChI is InChI=1S/C8H5F4NO4/c9-4-16-6-2-1-5(13(14)15)3-7(6)17-8(10,11)12/h1-3H,4H2. The number of hydrogen-bond donors (Lipinski definition) is 0. The van der Waals surface area contributed by atoms with Gasteiger partial charge in [-0.15, -0.1) is 13.2 Å². The summed E-state index contributed by atoms with van der Waals surface area (Å²) in [6.07, 6.45) is -5.05. The van der Waals surface area contributed by atoms with E-state index in [9.17, 15) is 27.7 Å². The van der Waals surface area contributed by atoms with E-state index in [0.717, 1.165) is 12.1 Å². The highest BCUT2D eigenvalue weighted by Crippen LogP contribution is 2.35. The van der Waals surface area contributed by atoms with E-state index in [0.29, 0.717) is 6.07 Å². The lowest BCUT2D eigenvalue weighted by atomic mass is 10.3. The molecule has 0 unspecified atom stereocenters. The molecule has 0 radical (unpaired) electrons. The van der Waals surface area contributed by atoms with Gasteiger partial charge in [0.05, 0.1) is 11.0 Å². The van der Waals surface area contributed by atoms with Crippen LogP contribution in [0.1, 0.15) is 0 Å². The molecule has 1 aromatic rings. The van der Waals surface area contributed by atoms with Gasteiger partial charge in [-0.05, 0) is 6.07 Å². The fraction of sp³-hybridized carbons (Fsp3) is 0.250. The Balaban J connectivity index is 3.11. The first kappa shape index (κ1) is 13.0. The maximum absolute atomic E-state index is 12.0. The first-order valence-electron chi connectivity index (χ1n) is 4.06. The molecule has 9 heteroatoms. The van der Waals surface area contributed by atoms with Gasteiger partial charge in [-0.25, -0.2) is 4.39 Å². The Morgan fingerprint density at radius 3 is 2.41 bits per heavy atom. The molecule has 0 aromatic heterocycles. The van der Waals surface area contributed by atoms with Crippen LogP contribution in [0.5, 0.6) is 11.5 Å². The van der Waals surface area contributed by atoms with E-state index in [1.807, 2.05) is 0 Å². The number of non-ortho nitro benzene ring substituents is 1. The molecular weight excluding hydrogens is 250 g/mol. The lowest BCUT2D eigenvalue weighted by molar-refractivity contribution is -0.385. The average Bonchev–Trinajstić information content (AvgIpc) is 2.18. The van der Waals surface area contributed by atoms with Gasteiger partial charge in [0, 0.05) is 6.07 Å². The highest BCUT2D eigenvalue weighted by molar-refractivity contribution is 5.48. The van der Waals surface area contributed by atoms with Crippen LogP contribution < -0.4 is 9.47 Å². The average molecular weight is 255 g/mol. The zero-order valence-electron chi connectivity index (χ0n) is 8.03. The largest absolute Gasteiger partial charge is 0.573 e. The minimum atomic E-state index is -5.05. The van der Waals surface area contributed by atoms with Crippen molar-refractivity contribution in [3.63, 3.8) is 0 Å². The van der Waals surface area contributed by atoms with Crippen molar-refractivity contribution < 1.29 is 32.0 Å². The third kappa shape index (κ3) is 3.78. The van der Waals surface area contributed by atoms with Crippen molar-refractivity contribution in [3.8, 4) is 11.5 Å². The number of nitro groups is 1. The van der Waals surface area contributed by atoms with Gasteiger partial charge in [-0.3, -0.25) is 10.1 Å². The van der Waals surface area contributed by atoms with Crippen molar-refractivity contribution >= 4 is 5.69 Å². The molecule has 0 aliphatic rings. The Morgan fingerprint density at radius 2 is 1.94 bits per heavy atom. The van der Waals surface area contributed by atoms with E-state index in [4.69, 9.17) is 0 Å². The second-order valence-corrected chi connectivity index (χ2v) is 2.69. The van der Waals surface area contributed by atoms with E-state index in [-0.39, 0.29) is 0 Å².